The Morgan fingerprint density at radius 2 is 1.96 bits per heavy atom. The van der Waals surface area contributed by atoms with E-state index in [1.807, 2.05) is 0 Å². The van der Waals surface area contributed by atoms with Gasteiger partial charge in [-0.2, -0.15) is 14.6 Å². The van der Waals surface area contributed by atoms with Crippen LogP contribution in [-0.4, -0.2) is 20.6 Å². The molecule has 23 heavy (non-hydrogen) atoms. The van der Waals surface area contributed by atoms with Crippen molar-refractivity contribution in [2.24, 2.45) is 0 Å². The molecule has 0 saturated carbocycles. The van der Waals surface area contributed by atoms with Crippen LogP contribution in [0, 0.1) is 6.92 Å². The number of carbonyl (C=O) groups excluding carboxylic acids is 1. The number of ether oxygens (including phenoxy) is 1. The van der Waals surface area contributed by atoms with Crippen LogP contribution in [0.25, 0.3) is 11.0 Å². The van der Waals surface area contributed by atoms with Crippen molar-refractivity contribution in [3.63, 3.8) is 0 Å². The molecule has 7 nitrogen and oxygen atoms in total. The normalized spacial score (nSPS) is 11.8. The van der Waals surface area contributed by atoms with Gasteiger partial charge in [-0.1, -0.05) is 23.5 Å². The van der Waals surface area contributed by atoms with E-state index < -0.39 is 11.5 Å². The molecule has 3 rings (SSSR count). The Balaban J connectivity index is 2.07. The van der Waals surface area contributed by atoms with E-state index >= 15 is 0 Å². The lowest BCUT2D eigenvalue weighted by Gasteiger charge is -2.00. The molecule has 0 spiro atoms. The van der Waals surface area contributed by atoms with Crippen LogP contribution < -0.4 is 20.4 Å². The minimum Gasteiger partial charge on any atom is -0.427 e. The average molecular weight is 329 g/mol. The SMILES string of the molecule is CC(=O)Oc1ccc(/C=c2/sc3nc(=O)c(C)nn3c2=O)cc1. The van der Waals surface area contributed by atoms with Gasteiger partial charge in [-0.15, -0.1) is 0 Å². The van der Waals surface area contributed by atoms with Crippen molar-refractivity contribution >= 4 is 28.3 Å². The van der Waals surface area contributed by atoms with E-state index in [1.165, 1.54) is 13.8 Å². The van der Waals surface area contributed by atoms with Crippen LogP contribution in [0.4, 0.5) is 0 Å². The minimum absolute atomic E-state index is 0.176. The van der Waals surface area contributed by atoms with Crippen molar-refractivity contribution in [2.75, 3.05) is 0 Å². The number of aryl methyl sites for hydroxylation is 1. The third kappa shape index (κ3) is 3.02. The molecule has 2 aromatic heterocycles. The number of aromatic nitrogens is 3. The number of hydrogen-bond acceptors (Lipinski definition) is 7. The molecular formula is C15H11N3O4S. The molecule has 0 aliphatic heterocycles. The summed E-state index contributed by atoms with van der Waals surface area (Å²) in [6.45, 7) is 2.83. The molecule has 0 N–H and O–H groups in total. The fourth-order valence-corrected chi connectivity index (χ4v) is 2.84. The van der Waals surface area contributed by atoms with E-state index in [-0.39, 0.29) is 16.2 Å². The van der Waals surface area contributed by atoms with Crippen molar-refractivity contribution in [1.82, 2.24) is 14.6 Å². The van der Waals surface area contributed by atoms with Gasteiger partial charge in [0.25, 0.3) is 11.1 Å². The summed E-state index contributed by atoms with van der Waals surface area (Å²) in [6, 6.07) is 6.71. The molecule has 0 amide bonds. The maximum Gasteiger partial charge on any atom is 0.308 e. The summed E-state index contributed by atoms with van der Waals surface area (Å²) in [6.07, 6.45) is 1.67. The number of nitrogens with zero attached hydrogens (tertiary/aromatic N) is 3. The van der Waals surface area contributed by atoms with Gasteiger partial charge in [-0.05, 0) is 30.7 Å². The molecule has 0 unspecified atom stereocenters. The Hall–Kier alpha value is -2.87. The van der Waals surface area contributed by atoms with Gasteiger partial charge >= 0.3 is 5.97 Å². The molecule has 0 bridgehead atoms. The average Bonchev–Trinajstić information content (AvgIpc) is 2.78. The van der Waals surface area contributed by atoms with Gasteiger partial charge < -0.3 is 4.74 Å². The Morgan fingerprint density at radius 3 is 2.61 bits per heavy atom. The molecule has 0 saturated heterocycles. The zero-order valence-corrected chi connectivity index (χ0v) is 13.1. The van der Waals surface area contributed by atoms with Crippen molar-refractivity contribution in [3.05, 3.63) is 60.8 Å². The molecule has 0 aliphatic carbocycles. The van der Waals surface area contributed by atoms with E-state index in [0.29, 0.717) is 10.3 Å². The second-order valence-corrected chi connectivity index (χ2v) is 5.78. The molecule has 3 aromatic rings. The molecule has 0 aliphatic rings. The first kappa shape index (κ1) is 15.0. The van der Waals surface area contributed by atoms with E-state index in [9.17, 15) is 14.4 Å². The molecule has 8 heteroatoms. The highest BCUT2D eigenvalue weighted by Crippen LogP contribution is 2.12. The summed E-state index contributed by atoms with van der Waals surface area (Å²) >= 11 is 1.09. The molecule has 0 fully saturated rings. The molecule has 116 valence electrons. The summed E-state index contributed by atoms with van der Waals surface area (Å²) in [5.41, 5.74) is 0.159. The lowest BCUT2D eigenvalue weighted by molar-refractivity contribution is -0.131. The highest BCUT2D eigenvalue weighted by molar-refractivity contribution is 7.15. The number of benzene rings is 1. The predicted octanol–water partition coefficient (Wildman–Crippen LogP) is 0.293. The van der Waals surface area contributed by atoms with Crippen LogP contribution in [0.2, 0.25) is 0 Å². The predicted molar refractivity (Wildman–Crippen MR) is 84.7 cm³/mol. The molecule has 0 radical (unpaired) electrons. The Morgan fingerprint density at radius 1 is 1.26 bits per heavy atom. The smallest absolute Gasteiger partial charge is 0.308 e. The minimum atomic E-state index is -0.441. The number of hydrogen-bond donors (Lipinski definition) is 0. The number of carbonyl (C=O) groups is 1. The van der Waals surface area contributed by atoms with Gasteiger partial charge in [0.05, 0.1) is 4.53 Å². The third-order valence-corrected chi connectivity index (χ3v) is 3.94. The van der Waals surface area contributed by atoms with Gasteiger partial charge in [-0.3, -0.25) is 14.4 Å². The second kappa shape index (κ2) is 5.73. The summed E-state index contributed by atoms with van der Waals surface area (Å²) in [5, 5.41) is 3.95. The summed E-state index contributed by atoms with van der Waals surface area (Å²) < 4.78 is 6.48. The number of esters is 1. The second-order valence-electron chi connectivity index (χ2n) is 4.78. The van der Waals surface area contributed by atoms with Crippen LogP contribution >= 0.6 is 11.3 Å². The Labute approximate surface area is 133 Å². The third-order valence-electron chi connectivity index (χ3n) is 2.98. The highest BCUT2D eigenvalue weighted by Gasteiger charge is 2.08. The Bertz CT molecular complexity index is 1070. The molecule has 0 atom stereocenters. The zero-order chi connectivity index (χ0) is 16.6. The fourth-order valence-electron chi connectivity index (χ4n) is 1.94. The summed E-state index contributed by atoms with van der Waals surface area (Å²) in [5.74, 6) is 0.0306. The van der Waals surface area contributed by atoms with Crippen LogP contribution in [0.5, 0.6) is 5.75 Å². The Kier molecular flexibility index (Phi) is 3.75. The lowest BCUT2D eigenvalue weighted by Crippen LogP contribution is -2.27. The first-order valence-corrected chi connectivity index (χ1v) is 7.46. The lowest BCUT2D eigenvalue weighted by atomic mass is 10.2. The van der Waals surface area contributed by atoms with Gasteiger partial charge in [0, 0.05) is 6.92 Å². The highest BCUT2D eigenvalue weighted by atomic mass is 32.1. The van der Waals surface area contributed by atoms with Crippen molar-refractivity contribution in [3.8, 4) is 5.75 Å². The van der Waals surface area contributed by atoms with Crippen molar-refractivity contribution in [2.45, 2.75) is 13.8 Å². The van der Waals surface area contributed by atoms with Gasteiger partial charge in [0.1, 0.15) is 11.4 Å². The molecule has 2 heterocycles. The first-order valence-electron chi connectivity index (χ1n) is 6.65. The van der Waals surface area contributed by atoms with Crippen LogP contribution in [-0.2, 0) is 4.79 Å². The van der Waals surface area contributed by atoms with Crippen LogP contribution in [0.1, 0.15) is 18.2 Å². The van der Waals surface area contributed by atoms with Gasteiger partial charge in [0.15, 0.2) is 0 Å². The van der Waals surface area contributed by atoms with E-state index in [4.69, 9.17) is 4.74 Å². The van der Waals surface area contributed by atoms with E-state index in [2.05, 4.69) is 10.1 Å². The monoisotopic (exact) mass is 329 g/mol. The summed E-state index contributed by atoms with van der Waals surface area (Å²) in [4.78, 5) is 38.7. The molecular weight excluding hydrogens is 318 g/mol. The van der Waals surface area contributed by atoms with Crippen molar-refractivity contribution in [1.29, 1.82) is 0 Å². The standard InChI is InChI=1S/C15H11N3O4S/c1-8-13(20)16-15-18(17-8)14(21)12(23-15)7-10-3-5-11(6-4-10)22-9(2)19/h3-7H,1-2H3/b12-7+. The molecule has 1 aromatic carbocycles. The van der Waals surface area contributed by atoms with E-state index in [0.717, 1.165) is 21.4 Å². The fraction of sp³-hybridized carbons (Fsp3) is 0.133. The largest absolute Gasteiger partial charge is 0.427 e. The number of fused-ring (bicyclic) bond motifs is 1. The number of rotatable bonds is 2. The number of thiazole rings is 1. The van der Waals surface area contributed by atoms with Crippen molar-refractivity contribution < 1.29 is 9.53 Å². The first-order chi connectivity index (χ1) is 10.9. The maximum atomic E-state index is 12.3. The topological polar surface area (TPSA) is 90.6 Å². The van der Waals surface area contributed by atoms with Crippen LogP contribution in [0.3, 0.4) is 0 Å². The van der Waals surface area contributed by atoms with E-state index in [1.54, 1.807) is 30.3 Å². The zero-order valence-electron chi connectivity index (χ0n) is 12.3. The summed E-state index contributed by atoms with van der Waals surface area (Å²) in [7, 11) is 0. The maximum absolute atomic E-state index is 12.3. The van der Waals surface area contributed by atoms with Crippen LogP contribution in [0.15, 0.2) is 33.9 Å². The van der Waals surface area contributed by atoms with Gasteiger partial charge in [-0.25, -0.2) is 0 Å². The quantitative estimate of drug-likeness (QED) is 0.496. The van der Waals surface area contributed by atoms with Gasteiger partial charge in [0.2, 0.25) is 4.96 Å².